The predicted octanol–water partition coefficient (Wildman–Crippen LogP) is 4.88. The molecule has 0 unspecified atom stereocenters. The Morgan fingerprint density at radius 3 is 2.68 bits per heavy atom. The summed E-state index contributed by atoms with van der Waals surface area (Å²) in [6.07, 6.45) is 5.27. The molecule has 28 heavy (non-hydrogen) atoms. The van der Waals surface area contributed by atoms with Crippen molar-refractivity contribution >= 4 is 39.6 Å². The van der Waals surface area contributed by atoms with Gasteiger partial charge in [0.05, 0.1) is 18.4 Å². The van der Waals surface area contributed by atoms with Crippen molar-refractivity contribution in [2.45, 2.75) is 30.6 Å². The number of hydrogen-bond donors (Lipinski definition) is 1. The van der Waals surface area contributed by atoms with Crippen LogP contribution in [0.1, 0.15) is 23.1 Å². The normalized spacial score (nSPS) is 12.8. The van der Waals surface area contributed by atoms with E-state index in [2.05, 4.69) is 17.4 Å². The molecule has 0 bridgehead atoms. The fourth-order valence-corrected chi connectivity index (χ4v) is 4.24. The highest BCUT2D eigenvalue weighted by molar-refractivity contribution is 8.13. The quantitative estimate of drug-likeness (QED) is 0.641. The van der Waals surface area contributed by atoms with E-state index in [0.29, 0.717) is 5.69 Å². The number of carbonyl (C=O) groups is 2. The van der Waals surface area contributed by atoms with Crippen molar-refractivity contribution in [3.63, 3.8) is 0 Å². The van der Waals surface area contributed by atoms with Crippen LogP contribution < -0.4 is 5.32 Å². The molecule has 0 radical (unpaired) electrons. The van der Waals surface area contributed by atoms with Gasteiger partial charge in [-0.1, -0.05) is 12.1 Å². The summed E-state index contributed by atoms with van der Waals surface area (Å²) >= 11 is 1.10. The molecule has 1 aliphatic rings. The van der Waals surface area contributed by atoms with Crippen molar-refractivity contribution in [1.29, 1.82) is 0 Å². The highest BCUT2D eigenvalue weighted by Gasteiger charge is 2.18. The van der Waals surface area contributed by atoms with Gasteiger partial charge in [0.15, 0.2) is 0 Å². The molecule has 6 heteroatoms. The maximum atomic E-state index is 12.7. The number of aryl methyl sites for hydroxylation is 2. The molecule has 0 saturated carbocycles. The van der Waals surface area contributed by atoms with Crippen LogP contribution in [0.5, 0.6) is 0 Å². The lowest BCUT2D eigenvalue weighted by Crippen LogP contribution is -2.17. The van der Waals surface area contributed by atoms with Gasteiger partial charge < -0.3 is 14.6 Å². The molecule has 1 aromatic heterocycles. The van der Waals surface area contributed by atoms with Gasteiger partial charge in [0.25, 0.3) is 5.24 Å². The van der Waals surface area contributed by atoms with Gasteiger partial charge in [-0.15, -0.1) is 0 Å². The van der Waals surface area contributed by atoms with Crippen LogP contribution in [-0.2, 0) is 24.1 Å². The number of fused-ring (bicyclic) bond motifs is 2. The van der Waals surface area contributed by atoms with Gasteiger partial charge in [0.1, 0.15) is 5.58 Å². The minimum atomic E-state index is -0.131. The number of rotatable bonds is 4. The Kier molecular flexibility index (Phi) is 5.13. The van der Waals surface area contributed by atoms with Gasteiger partial charge in [0, 0.05) is 29.9 Å². The highest BCUT2D eigenvalue weighted by Crippen LogP contribution is 2.31. The maximum absolute atomic E-state index is 12.7. The molecule has 144 valence electrons. The van der Waals surface area contributed by atoms with E-state index >= 15 is 0 Å². The Bertz CT molecular complexity index is 1060. The zero-order valence-corrected chi connectivity index (χ0v) is 16.8. The van der Waals surface area contributed by atoms with Crippen molar-refractivity contribution in [2.75, 3.05) is 19.4 Å². The SMILES string of the molecule is CN(C)C(=O)Sc1ccccc1NC(=O)Cc1coc2cc3c(cc12)CCC3. The molecule has 2 aromatic carbocycles. The summed E-state index contributed by atoms with van der Waals surface area (Å²) in [5.41, 5.74) is 5.09. The van der Waals surface area contributed by atoms with Crippen molar-refractivity contribution in [3.05, 3.63) is 59.4 Å². The lowest BCUT2D eigenvalue weighted by Gasteiger charge is -2.13. The topological polar surface area (TPSA) is 62.6 Å². The molecule has 4 rings (SSSR count). The number of amides is 2. The third-order valence-corrected chi connectivity index (χ3v) is 6.06. The first kappa shape index (κ1) is 18.6. The Morgan fingerprint density at radius 1 is 1.14 bits per heavy atom. The first-order valence-corrected chi connectivity index (χ1v) is 10.1. The number of furan rings is 1. The summed E-state index contributed by atoms with van der Waals surface area (Å²) < 4.78 is 5.69. The van der Waals surface area contributed by atoms with Crippen LogP contribution in [0.15, 0.2) is 52.0 Å². The summed E-state index contributed by atoms with van der Waals surface area (Å²) in [5.74, 6) is -0.131. The molecule has 0 atom stereocenters. The number of benzene rings is 2. The van der Waals surface area contributed by atoms with E-state index in [9.17, 15) is 9.59 Å². The van der Waals surface area contributed by atoms with Crippen LogP contribution in [0.25, 0.3) is 11.0 Å². The van der Waals surface area contributed by atoms with Gasteiger partial charge in [-0.2, -0.15) is 0 Å². The number of carbonyl (C=O) groups excluding carboxylic acids is 2. The van der Waals surface area contributed by atoms with E-state index in [1.807, 2.05) is 24.3 Å². The van der Waals surface area contributed by atoms with E-state index in [1.54, 1.807) is 20.4 Å². The van der Waals surface area contributed by atoms with E-state index in [4.69, 9.17) is 4.42 Å². The van der Waals surface area contributed by atoms with Crippen LogP contribution in [0.4, 0.5) is 10.5 Å². The first-order valence-electron chi connectivity index (χ1n) is 9.31. The molecular formula is C22H22N2O3S. The number of para-hydroxylation sites is 1. The molecular weight excluding hydrogens is 372 g/mol. The Balaban J connectivity index is 1.51. The minimum Gasteiger partial charge on any atom is -0.464 e. The predicted molar refractivity (Wildman–Crippen MR) is 112 cm³/mol. The van der Waals surface area contributed by atoms with Crippen LogP contribution in [0.3, 0.4) is 0 Å². The fraction of sp³-hybridized carbons (Fsp3) is 0.273. The molecule has 3 aromatic rings. The number of hydrogen-bond acceptors (Lipinski definition) is 4. The number of nitrogens with zero attached hydrogens (tertiary/aromatic N) is 1. The molecule has 0 saturated heterocycles. The van der Waals surface area contributed by atoms with Gasteiger partial charge >= 0.3 is 0 Å². The third kappa shape index (κ3) is 3.78. The number of nitrogens with one attached hydrogen (secondary N) is 1. The second-order valence-corrected chi connectivity index (χ2v) is 8.21. The summed E-state index contributed by atoms with van der Waals surface area (Å²) in [6.45, 7) is 0. The van der Waals surface area contributed by atoms with Crippen LogP contribution in [0, 0.1) is 0 Å². The second-order valence-electron chi connectivity index (χ2n) is 7.22. The molecule has 0 aliphatic heterocycles. The van der Waals surface area contributed by atoms with Crippen LogP contribution in [0.2, 0.25) is 0 Å². The van der Waals surface area contributed by atoms with Crippen molar-refractivity contribution in [1.82, 2.24) is 4.90 Å². The average molecular weight is 394 g/mol. The zero-order valence-electron chi connectivity index (χ0n) is 16.0. The molecule has 2 amide bonds. The van der Waals surface area contributed by atoms with Crippen LogP contribution >= 0.6 is 11.8 Å². The Labute approximate surface area is 168 Å². The minimum absolute atomic E-state index is 0.0867. The van der Waals surface area contributed by atoms with Gasteiger partial charge in [0.2, 0.25) is 5.91 Å². The molecule has 1 heterocycles. The Morgan fingerprint density at radius 2 is 1.89 bits per heavy atom. The monoisotopic (exact) mass is 394 g/mol. The molecule has 1 N–H and O–H groups in total. The number of anilines is 1. The Hall–Kier alpha value is -2.73. The lowest BCUT2D eigenvalue weighted by atomic mass is 10.0. The van der Waals surface area contributed by atoms with Gasteiger partial charge in [-0.3, -0.25) is 9.59 Å². The fourth-order valence-electron chi connectivity index (χ4n) is 3.50. The lowest BCUT2D eigenvalue weighted by molar-refractivity contribution is -0.115. The summed E-state index contributed by atoms with van der Waals surface area (Å²) in [6, 6.07) is 11.6. The van der Waals surface area contributed by atoms with Crippen LogP contribution in [-0.4, -0.2) is 30.1 Å². The first-order chi connectivity index (χ1) is 13.5. The second kappa shape index (κ2) is 7.72. The summed E-state index contributed by atoms with van der Waals surface area (Å²) in [7, 11) is 3.41. The molecule has 0 spiro atoms. The van der Waals surface area contributed by atoms with E-state index in [1.165, 1.54) is 22.4 Å². The molecule has 1 aliphatic carbocycles. The average Bonchev–Trinajstić information content (AvgIpc) is 3.28. The van der Waals surface area contributed by atoms with Crippen molar-refractivity contribution in [3.8, 4) is 0 Å². The zero-order chi connectivity index (χ0) is 19.7. The summed E-state index contributed by atoms with van der Waals surface area (Å²) in [4.78, 5) is 26.9. The van der Waals surface area contributed by atoms with Crippen molar-refractivity contribution < 1.29 is 14.0 Å². The highest BCUT2D eigenvalue weighted by atomic mass is 32.2. The van der Waals surface area contributed by atoms with E-state index in [-0.39, 0.29) is 17.6 Å². The largest absolute Gasteiger partial charge is 0.464 e. The van der Waals surface area contributed by atoms with E-state index < -0.39 is 0 Å². The van der Waals surface area contributed by atoms with E-state index in [0.717, 1.165) is 46.0 Å². The standard InChI is InChI=1S/C22H22N2O3S/c1-24(2)22(26)28-20-9-4-3-8-18(20)23-21(25)12-16-13-27-19-11-15-7-5-6-14(15)10-17(16)19/h3-4,8-11,13H,5-7,12H2,1-2H3,(H,23,25). The smallest absolute Gasteiger partial charge is 0.286 e. The molecule has 5 nitrogen and oxygen atoms in total. The summed E-state index contributed by atoms with van der Waals surface area (Å²) in [5, 5.41) is 3.87. The van der Waals surface area contributed by atoms with Crippen molar-refractivity contribution in [2.24, 2.45) is 0 Å². The van der Waals surface area contributed by atoms with Gasteiger partial charge in [-0.25, -0.2) is 0 Å². The maximum Gasteiger partial charge on any atom is 0.286 e. The van der Waals surface area contributed by atoms with Gasteiger partial charge in [-0.05, 0) is 66.4 Å². The number of thioether (sulfide) groups is 1. The molecule has 0 fully saturated rings. The third-order valence-electron chi connectivity index (χ3n) is 4.94.